The quantitative estimate of drug-likeness (QED) is 0.610. The molecule has 1 aromatic heterocycles. The van der Waals surface area contributed by atoms with Gasteiger partial charge in [-0.25, -0.2) is 4.98 Å². The zero-order valence-corrected chi connectivity index (χ0v) is 13.1. The van der Waals surface area contributed by atoms with Gasteiger partial charge in [0.1, 0.15) is 0 Å². The number of anilines is 1. The fraction of sp³-hybridized carbons (Fsp3) is 0.500. The zero-order chi connectivity index (χ0) is 15.3. The molecule has 1 aromatic rings. The normalized spacial score (nSPS) is 12.1. The lowest BCUT2D eigenvalue weighted by Crippen LogP contribution is -2.34. The highest BCUT2D eigenvalue weighted by Gasteiger charge is 2.18. The third kappa shape index (κ3) is 5.12. The molecule has 1 rings (SSSR count). The first-order chi connectivity index (χ1) is 9.29. The highest BCUT2D eigenvalue weighted by atomic mass is 79.9. The number of carbonyl (C=O) groups is 1. The maximum atomic E-state index is 11.6. The van der Waals surface area contributed by atoms with Crippen LogP contribution in [0.1, 0.15) is 27.2 Å². The standard InChI is InChI=1S/C12H17BrN4O3/c1-7(2)15-11(18)4-8(3)16-12-10(17(19)20)5-9(13)6-14-12/h5-8H,4H2,1-3H3,(H,14,16)(H,15,18). The van der Waals surface area contributed by atoms with Crippen LogP contribution < -0.4 is 10.6 Å². The highest BCUT2D eigenvalue weighted by molar-refractivity contribution is 9.10. The Bertz CT molecular complexity index is 507. The molecule has 1 unspecified atom stereocenters. The molecule has 1 heterocycles. The molecule has 1 amide bonds. The third-order valence-electron chi connectivity index (χ3n) is 2.36. The van der Waals surface area contributed by atoms with E-state index in [-0.39, 0.29) is 35.9 Å². The van der Waals surface area contributed by atoms with Crippen LogP contribution in [0.15, 0.2) is 16.7 Å². The van der Waals surface area contributed by atoms with E-state index in [0.29, 0.717) is 4.47 Å². The summed E-state index contributed by atoms with van der Waals surface area (Å²) in [5.41, 5.74) is -0.129. The molecule has 0 aliphatic heterocycles. The van der Waals surface area contributed by atoms with E-state index in [4.69, 9.17) is 0 Å². The lowest BCUT2D eigenvalue weighted by Gasteiger charge is -2.15. The number of pyridine rings is 1. The van der Waals surface area contributed by atoms with Crippen LogP contribution in [-0.2, 0) is 4.79 Å². The molecule has 0 spiro atoms. The number of nitro groups is 1. The van der Waals surface area contributed by atoms with E-state index in [1.54, 1.807) is 6.92 Å². The van der Waals surface area contributed by atoms with Gasteiger partial charge in [0.05, 0.1) is 4.92 Å². The summed E-state index contributed by atoms with van der Waals surface area (Å²) in [5, 5.41) is 16.6. The van der Waals surface area contributed by atoms with Crippen molar-refractivity contribution >= 4 is 33.3 Å². The first kappa shape index (κ1) is 16.4. The Morgan fingerprint density at radius 1 is 1.50 bits per heavy atom. The van der Waals surface area contributed by atoms with Crippen LogP contribution >= 0.6 is 15.9 Å². The van der Waals surface area contributed by atoms with E-state index in [9.17, 15) is 14.9 Å². The van der Waals surface area contributed by atoms with Crippen LogP contribution in [0.5, 0.6) is 0 Å². The minimum atomic E-state index is -0.513. The van der Waals surface area contributed by atoms with E-state index in [0.717, 1.165) is 0 Å². The molecule has 7 nitrogen and oxygen atoms in total. The summed E-state index contributed by atoms with van der Waals surface area (Å²) in [4.78, 5) is 26.0. The van der Waals surface area contributed by atoms with Crippen molar-refractivity contribution in [2.24, 2.45) is 0 Å². The Labute approximate surface area is 125 Å². The largest absolute Gasteiger partial charge is 0.361 e. The van der Waals surface area contributed by atoms with Gasteiger partial charge < -0.3 is 10.6 Å². The fourth-order valence-corrected chi connectivity index (χ4v) is 1.94. The van der Waals surface area contributed by atoms with Crippen molar-refractivity contribution in [3.63, 3.8) is 0 Å². The summed E-state index contributed by atoms with van der Waals surface area (Å²) in [6.45, 7) is 5.52. The second kappa shape index (κ2) is 7.18. The molecule has 0 aliphatic carbocycles. The van der Waals surface area contributed by atoms with Crippen LogP contribution in [0.2, 0.25) is 0 Å². The number of aromatic nitrogens is 1. The molecule has 8 heteroatoms. The minimum absolute atomic E-state index is 0.0647. The Hall–Kier alpha value is -1.70. The Morgan fingerprint density at radius 3 is 2.70 bits per heavy atom. The predicted molar refractivity (Wildman–Crippen MR) is 79.6 cm³/mol. The number of rotatable bonds is 6. The Balaban J connectivity index is 2.73. The molecule has 0 saturated heterocycles. The van der Waals surface area contributed by atoms with Crippen molar-refractivity contribution in [3.05, 3.63) is 26.9 Å². The number of nitrogens with one attached hydrogen (secondary N) is 2. The monoisotopic (exact) mass is 344 g/mol. The maximum absolute atomic E-state index is 11.6. The van der Waals surface area contributed by atoms with Gasteiger partial charge in [0, 0.05) is 35.2 Å². The average Bonchev–Trinajstić information content (AvgIpc) is 2.29. The van der Waals surface area contributed by atoms with Gasteiger partial charge in [-0.1, -0.05) is 0 Å². The molecular weight excluding hydrogens is 328 g/mol. The molecule has 2 N–H and O–H groups in total. The van der Waals surface area contributed by atoms with Crippen molar-refractivity contribution in [2.75, 3.05) is 5.32 Å². The molecule has 0 bridgehead atoms. The van der Waals surface area contributed by atoms with Crippen LogP contribution in [0, 0.1) is 10.1 Å². The first-order valence-electron chi connectivity index (χ1n) is 6.15. The summed E-state index contributed by atoms with van der Waals surface area (Å²) in [5.74, 6) is 0.0443. The fourth-order valence-electron chi connectivity index (χ4n) is 1.62. The first-order valence-corrected chi connectivity index (χ1v) is 6.94. The van der Waals surface area contributed by atoms with Gasteiger partial charge in [-0.15, -0.1) is 0 Å². The number of amides is 1. The van der Waals surface area contributed by atoms with Gasteiger partial charge in [-0.3, -0.25) is 14.9 Å². The molecule has 0 saturated carbocycles. The van der Waals surface area contributed by atoms with Gasteiger partial charge in [-0.05, 0) is 36.7 Å². The van der Waals surface area contributed by atoms with Crippen LogP contribution in [0.3, 0.4) is 0 Å². The highest BCUT2D eigenvalue weighted by Crippen LogP contribution is 2.25. The summed E-state index contributed by atoms with van der Waals surface area (Å²) >= 11 is 3.14. The van der Waals surface area contributed by atoms with E-state index in [1.165, 1.54) is 12.3 Å². The number of nitrogens with zero attached hydrogens (tertiary/aromatic N) is 2. The Kier molecular flexibility index (Phi) is 5.87. The molecule has 20 heavy (non-hydrogen) atoms. The smallest absolute Gasteiger partial charge is 0.312 e. The summed E-state index contributed by atoms with van der Waals surface area (Å²) in [7, 11) is 0. The average molecular weight is 345 g/mol. The summed E-state index contributed by atoms with van der Waals surface area (Å²) in [6.07, 6.45) is 1.68. The summed E-state index contributed by atoms with van der Waals surface area (Å²) < 4.78 is 0.528. The molecular formula is C12H17BrN4O3. The van der Waals surface area contributed by atoms with Crippen molar-refractivity contribution < 1.29 is 9.72 Å². The van der Waals surface area contributed by atoms with Crippen molar-refractivity contribution in [2.45, 2.75) is 39.3 Å². The minimum Gasteiger partial charge on any atom is -0.361 e. The van der Waals surface area contributed by atoms with Crippen molar-refractivity contribution in [1.82, 2.24) is 10.3 Å². The number of halogens is 1. The van der Waals surface area contributed by atoms with Gasteiger partial charge in [0.15, 0.2) is 0 Å². The second-order valence-corrected chi connectivity index (χ2v) is 5.67. The number of carbonyl (C=O) groups excluding carboxylic acids is 1. The molecule has 110 valence electrons. The Morgan fingerprint density at radius 2 is 2.15 bits per heavy atom. The molecule has 0 radical (unpaired) electrons. The molecule has 1 atom stereocenters. The zero-order valence-electron chi connectivity index (χ0n) is 11.5. The lowest BCUT2D eigenvalue weighted by molar-refractivity contribution is -0.384. The van der Waals surface area contributed by atoms with Crippen LogP contribution in [0.4, 0.5) is 11.5 Å². The maximum Gasteiger partial charge on any atom is 0.312 e. The number of hydrogen-bond donors (Lipinski definition) is 2. The third-order valence-corrected chi connectivity index (χ3v) is 2.79. The van der Waals surface area contributed by atoms with Crippen LogP contribution in [-0.4, -0.2) is 27.9 Å². The van der Waals surface area contributed by atoms with Gasteiger partial charge >= 0.3 is 5.69 Å². The van der Waals surface area contributed by atoms with E-state index in [1.807, 2.05) is 13.8 Å². The lowest BCUT2D eigenvalue weighted by atomic mass is 10.2. The predicted octanol–water partition coefficient (Wildman–Crippen LogP) is 2.47. The molecule has 0 fully saturated rings. The van der Waals surface area contributed by atoms with E-state index in [2.05, 4.69) is 31.5 Å². The van der Waals surface area contributed by atoms with Crippen LogP contribution in [0.25, 0.3) is 0 Å². The molecule has 0 aromatic carbocycles. The van der Waals surface area contributed by atoms with Gasteiger partial charge in [0.25, 0.3) is 0 Å². The SMILES string of the molecule is CC(C)NC(=O)CC(C)Nc1ncc(Br)cc1[N+](=O)[O-]. The number of hydrogen-bond acceptors (Lipinski definition) is 5. The topological polar surface area (TPSA) is 97.2 Å². The summed E-state index contributed by atoms with van der Waals surface area (Å²) in [6, 6.07) is 1.17. The molecule has 0 aliphatic rings. The van der Waals surface area contributed by atoms with Gasteiger partial charge in [0.2, 0.25) is 11.7 Å². The van der Waals surface area contributed by atoms with E-state index < -0.39 is 4.92 Å². The second-order valence-electron chi connectivity index (χ2n) is 4.75. The van der Waals surface area contributed by atoms with E-state index >= 15 is 0 Å². The van der Waals surface area contributed by atoms with Gasteiger partial charge in [-0.2, -0.15) is 0 Å². The van der Waals surface area contributed by atoms with Crippen molar-refractivity contribution in [1.29, 1.82) is 0 Å². The van der Waals surface area contributed by atoms with Crippen molar-refractivity contribution in [3.8, 4) is 0 Å².